The van der Waals surface area contributed by atoms with E-state index >= 15 is 0 Å². The van der Waals surface area contributed by atoms with Crippen LogP contribution in [-0.2, 0) is 9.47 Å². The number of nitrogens with one attached hydrogen (secondary N) is 1. The highest BCUT2D eigenvalue weighted by atomic mass is 16.5. The molecule has 0 saturated carbocycles. The molecule has 0 aliphatic carbocycles. The lowest BCUT2D eigenvalue weighted by Gasteiger charge is -2.29. The van der Waals surface area contributed by atoms with Crippen molar-refractivity contribution in [3.8, 4) is 17.5 Å². The SMILES string of the molecule is C=C1OCCN1CCOc1nc(N2CCOCC2)c2cc(Oc3cccc4[nH]ccc34)ccc2n1. The Balaban J connectivity index is 1.30. The van der Waals surface area contributed by atoms with E-state index in [1.807, 2.05) is 48.7 Å². The Hall–Kier alpha value is -3.98. The molecule has 0 spiro atoms. The molecule has 2 aliphatic rings. The molecule has 1 N–H and O–H groups in total. The van der Waals surface area contributed by atoms with E-state index in [9.17, 15) is 0 Å². The van der Waals surface area contributed by atoms with Crippen molar-refractivity contribution in [3.63, 3.8) is 0 Å². The van der Waals surface area contributed by atoms with Crippen LogP contribution >= 0.6 is 0 Å². The first-order valence-corrected chi connectivity index (χ1v) is 11.8. The summed E-state index contributed by atoms with van der Waals surface area (Å²) < 4.78 is 23.2. The van der Waals surface area contributed by atoms with Crippen molar-refractivity contribution in [2.45, 2.75) is 0 Å². The summed E-state index contributed by atoms with van der Waals surface area (Å²) in [5.74, 6) is 3.03. The highest BCUT2D eigenvalue weighted by Gasteiger charge is 2.20. The number of aromatic amines is 1. The van der Waals surface area contributed by atoms with Gasteiger partial charge in [0.2, 0.25) is 0 Å². The minimum absolute atomic E-state index is 0.357. The quantitative estimate of drug-likeness (QED) is 0.432. The first-order valence-electron chi connectivity index (χ1n) is 11.8. The number of hydrogen-bond donors (Lipinski definition) is 1. The van der Waals surface area contributed by atoms with Crippen molar-refractivity contribution in [2.24, 2.45) is 0 Å². The Labute approximate surface area is 202 Å². The van der Waals surface area contributed by atoms with Gasteiger partial charge in [-0.05, 0) is 43.0 Å². The molecule has 180 valence electrons. The van der Waals surface area contributed by atoms with Crippen molar-refractivity contribution in [2.75, 3.05) is 57.5 Å². The molecule has 4 heterocycles. The lowest BCUT2D eigenvalue weighted by Crippen LogP contribution is -2.37. The van der Waals surface area contributed by atoms with Gasteiger partial charge in [-0.15, -0.1) is 0 Å². The summed E-state index contributed by atoms with van der Waals surface area (Å²) in [6.07, 6.45) is 1.91. The zero-order chi connectivity index (χ0) is 23.6. The monoisotopic (exact) mass is 473 g/mol. The smallest absolute Gasteiger partial charge is 0.319 e. The van der Waals surface area contributed by atoms with Crippen LogP contribution in [0.5, 0.6) is 17.5 Å². The molecule has 0 amide bonds. The number of morpholine rings is 1. The third kappa shape index (κ3) is 4.42. The Bertz CT molecular complexity index is 1360. The number of anilines is 1. The first-order chi connectivity index (χ1) is 17.2. The van der Waals surface area contributed by atoms with Crippen LogP contribution in [0.4, 0.5) is 5.82 Å². The van der Waals surface area contributed by atoms with Crippen molar-refractivity contribution in [1.29, 1.82) is 0 Å². The molecular weight excluding hydrogens is 446 g/mol. The molecular formula is C26H27N5O4. The van der Waals surface area contributed by atoms with Gasteiger partial charge in [0.25, 0.3) is 0 Å². The topological polar surface area (TPSA) is 85.0 Å². The molecule has 9 heteroatoms. The standard InChI is InChI=1S/C26H27N5O4/c1-18-30(11-15-33-18)12-16-34-26-28-23-6-5-19(35-24-4-2-3-22-20(24)7-8-27-22)17-21(23)25(29-26)31-9-13-32-14-10-31/h2-8,17,27H,1,9-16H2. The summed E-state index contributed by atoms with van der Waals surface area (Å²) in [5.41, 5.74) is 1.84. The predicted octanol–water partition coefficient (Wildman–Crippen LogP) is 3.92. The highest BCUT2D eigenvalue weighted by molar-refractivity contribution is 5.91. The van der Waals surface area contributed by atoms with Gasteiger partial charge in [-0.25, -0.2) is 0 Å². The van der Waals surface area contributed by atoms with Gasteiger partial charge in [0.05, 0.1) is 31.8 Å². The fourth-order valence-corrected chi connectivity index (χ4v) is 4.46. The molecule has 4 aromatic rings. The second-order valence-corrected chi connectivity index (χ2v) is 8.48. The summed E-state index contributed by atoms with van der Waals surface area (Å²) in [4.78, 5) is 17.0. The Morgan fingerprint density at radius 1 is 1.00 bits per heavy atom. The second kappa shape index (κ2) is 9.34. The van der Waals surface area contributed by atoms with Crippen LogP contribution in [0.3, 0.4) is 0 Å². The summed E-state index contributed by atoms with van der Waals surface area (Å²) in [6, 6.07) is 14.2. The van der Waals surface area contributed by atoms with Crippen LogP contribution in [0, 0.1) is 0 Å². The van der Waals surface area contributed by atoms with E-state index < -0.39 is 0 Å². The van der Waals surface area contributed by atoms with Crippen molar-refractivity contribution >= 4 is 27.6 Å². The van der Waals surface area contributed by atoms with Crippen LogP contribution in [0.2, 0.25) is 0 Å². The predicted molar refractivity (Wildman–Crippen MR) is 133 cm³/mol. The molecule has 35 heavy (non-hydrogen) atoms. The number of ether oxygens (including phenoxy) is 4. The van der Waals surface area contributed by atoms with Crippen LogP contribution in [0.25, 0.3) is 21.8 Å². The van der Waals surface area contributed by atoms with Crippen LogP contribution in [0.15, 0.2) is 61.1 Å². The number of hydrogen-bond acceptors (Lipinski definition) is 8. The van der Waals surface area contributed by atoms with Crippen molar-refractivity contribution in [3.05, 3.63) is 61.1 Å². The third-order valence-electron chi connectivity index (χ3n) is 6.29. The van der Waals surface area contributed by atoms with Gasteiger partial charge in [0.1, 0.15) is 30.5 Å². The lowest BCUT2D eigenvalue weighted by molar-refractivity contribution is 0.122. The Morgan fingerprint density at radius 3 is 2.77 bits per heavy atom. The molecule has 2 aliphatic heterocycles. The zero-order valence-corrected chi connectivity index (χ0v) is 19.4. The lowest BCUT2D eigenvalue weighted by atomic mass is 10.2. The molecule has 6 rings (SSSR count). The minimum atomic E-state index is 0.357. The first kappa shape index (κ1) is 21.5. The number of aromatic nitrogens is 3. The maximum absolute atomic E-state index is 6.29. The normalized spacial score (nSPS) is 16.2. The van der Waals surface area contributed by atoms with Gasteiger partial charge in [0, 0.05) is 35.6 Å². The minimum Gasteiger partial charge on any atom is -0.478 e. The van der Waals surface area contributed by atoms with Crippen LogP contribution < -0.4 is 14.4 Å². The van der Waals surface area contributed by atoms with Gasteiger partial charge < -0.3 is 33.7 Å². The molecule has 0 atom stereocenters. The van der Waals surface area contributed by atoms with E-state index in [1.165, 1.54) is 0 Å². The van der Waals surface area contributed by atoms with E-state index in [0.29, 0.717) is 44.9 Å². The molecule has 2 aromatic heterocycles. The highest BCUT2D eigenvalue weighted by Crippen LogP contribution is 2.34. The number of rotatable bonds is 7. The van der Waals surface area contributed by atoms with Gasteiger partial charge >= 0.3 is 6.01 Å². The largest absolute Gasteiger partial charge is 0.478 e. The summed E-state index contributed by atoms with van der Waals surface area (Å²) in [7, 11) is 0. The molecule has 9 nitrogen and oxygen atoms in total. The number of H-pyrrole nitrogens is 1. The second-order valence-electron chi connectivity index (χ2n) is 8.48. The van der Waals surface area contributed by atoms with Gasteiger partial charge in [-0.1, -0.05) is 6.07 Å². The van der Waals surface area contributed by atoms with Gasteiger partial charge in [0.15, 0.2) is 5.88 Å². The maximum Gasteiger partial charge on any atom is 0.319 e. The average Bonchev–Trinajstić information content (AvgIpc) is 3.54. The average molecular weight is 474 g/mol. The summed E-state index contributed by atoms with van der Waals surface area (Å²) in [5, 5.41) is 1.95. The number of benzene rings is 2. The van der Waals surface area contributed by atoms with Crippen LogP contribution in [0.1, 0.15) is 0 Å². The molecule has 0 radical (unpaired) electrons. The Morgan fingerprint density at radius 2 is 1.91 bits per heavy atom. The zero-order valence-electron chi connectivity index (χ0n) is 19.4. The third-order valence-corrected chi connectivity index (χ3v) is 6.29. The van der Waals surface area contributed by atoms with E-state index in [0.717, 1.165) is 58.8 Å². The van der Waals surface area contributed by atoms with Crippen LogP contribution in [-0.4, -0.2) is 72.5 Å². The van der Waals surface area contributed by atoms with E-state index in [-0.39, 0.29) is 0 Å². The maximum atomic E-state index is 6.29. The summed E-state index contributed by atoms with van der Waals surface area (Å²) >= 11 is 0. The molecule has 0 bridgehead atoms. The number of fused-ring (bicyclic) bond motifs is 2. The van der Waals surface area contributed by atoms with E-state index in [2.05, 4.69) is 26.3 Å². The van der Waals surface area contributed by atoms with Gasteiger partial charge in [-0.3, -0.25) is 0 Å². The summed E-state index contributed by atoms with van der Waals surface area (Å²) in [6.45, 7) is 9.33. The van der Waals surface area contributed by atoms with E-state index in [4.69, 9.17) is 23.9 Å². The molecule has 0 unspecified atom stereocenters. The Kier molecular flexibility index (Phi) is 5.75. The molecule has 2 saturated heterocycles. The number of nitrogens with zero attached hydrogens (tertiary/aromatic N) is 4. The molecule has 2 fully saturated rings. The molecule has 2 aromatic carbocycles. The van der Waals surface area contributed by atoms with Crippen molar-refractivity contribution < 1.29 is 18.9 Å². The van der Waals surface area contributed by atoms with Crippen molar-refractivity contribution in [1.82, 2.24) is 19.9 Å². The fourth-order valence-electron chi connectivity index (χ4n) is 4.46. The fraction of sp³-hybridized carbons (Fsp3) is 0.308. The van der Waals surface area contributed by atoms with Gasteiger partial charge in [-0.2, -0.15) is 9.97 Å². The van der Waals surface area contributed by atoms with E-state index in [1.54, 1.807) is 0 Å².